The van der Waals surface area contributed by atoms with Gasteiger partial charge in [0.1, 0.15) is 11.4 Å². The summed E-state index contributed by atoms with van der Waals surface area (Å²) in [6.45, 7) is 7.97. The number of aromatic nitrogens is 1. The maximum absolute atomic E-state index is 13.1. The number of amides is 1. The van der Waals surface area contributed by atoms with Gasteiger partial charge in [0.05, 0.1) is 12.9 Å². The zero-order chi connectivity index (χ0) is 14.8. The number of nitrogens with zero attached hydrogens (tertiary/aromatic N) is 3. The first-order valence-corrected chi connectivity index (χ1v) is 6.63. The number of halogens is 1. The minimum atomic E-state index is -0.489. The zero-order valence-electron chi connectivity index (χ0n) is 12.1. The third-order valence-corrected chi connectivity index (χ3v) is 2.88. The van der Waals surface area contributed by atoms with Crippen molar-refractivity contribution in [3.63, 3.8) is 0 Å². The molecule has 0 aliphatic carbocycles. The summed E-state index contributed by atoms with van der Waals surface area (Å²) >= 11 is 0. The molecular formula is C14H20FN3O2. The molecule has 0 radical (unpaired) electrons. The van der Waals surface area contributed by atoms with Crippen molar-refractivity contribution >= 4 is 6.09 Å². The van der Waals surface area contributed by atoms with Gasteiger partial charge in [-0.3, -0.25) is 14.8 Å². The molecule has 1 fully saturated rings. The molecule has 1 aromatic heterocycles. The van der Waals surface area contributed by atoms with E-state index < -0.39 is 5.60 Å². The van der Waals surface area contributed by atoms with Crippen LogP contribution in [0.25, 0.3) is 0 Å². The Morgan fingerprint density at radius 2 is 2.15 bits per heavy atom. The quantitative estimate of drug-likeness (QED) is 0.834. The topological polar surface area (TPSA) is 45.7 Å². The van der Waals surface area contributed by atoms with Gasteiger partial charge in [0.2, 0.25) is 0 Å². The Hall–Kier alpha value is -1.69. The van der Waals surface area contributed by atoms with E-state index in [1.807, 2.05) is 20.8 Å². The normalized spacial score (nSPS) is 16.5. The molecule has 0 atom stereocenters. The number of rotatable bonds is 2. The van der Waals surface area contributed by atoms with Crippen molar-refractivity contribution in [2.75, 3.05) is 19.8 Å². The molecule has 1 aliphatic rings. The summed E-state index contributed by atoms with van der Waals surface area (Å²) in [5.41, 5.74) is 0.313. The van der Waals surface area contributed by atoms with Crippen molar-refractivity contribution in [1.29, 1.82) is 0 Å². The lowest BCUT2D eigenvalue weighted by Gasteiger charge is -2.24. The molecule has 2 heterocycles. The molecule has 1 amide bonds. The molecule has 1 aromatic rings. The Labute approximate surface area is 118 Å². The fraction of sp³-hybridized carbons (Fsp3) is 0.571. The Morgan fingerprint density at radius 1 is 1.40 bits per heavy atom. The summed E-state index contributed by atoms with van der Waals surface area (Å²) in [5.74, 6) is -0.342. The van der Waals surface area contributed by atoms with Gasteiger partial charge < -0.3 is 4.74 Å². The lowest BCUT2D eigenvalue weighted by Crippen LogP contribution is -2.36. The molecule has 5 nitrogen and oxygen atoms in total. The predicted octanol–water partition coefficient (Wildman–Crippen LogP) is 2.23. The van der Waals surface area contributed by atoms with Gasteiger partial charge in [-0.2, -0.15) is 0 Å². The van der Waals surface area contributed by atoms with Gasteiger partial charge in [-0.05, 0) is 32.4 Å². The van der Waals surface area contributed by atoms with Crippen LogP contribution in [0, 0.1) is 5.82 Å². The molecule has 1 aliphatic heterocycles. The lowest BCUT2D eigenvalue weighted by atomic mass is 10.2. The summed E-state index contributed by atoms with van der Waals surface area (Å²) in [5, 5.41) is 0. The van der Waals surface area contributed by atoms with E-state index in [9.17, 15) is 9.18 Å². The van der Waals surface area contributed by atoms with E-state index >= 15 is 0 Å². The summed E-state index contributed by atoms with van der Waals surface area (Å²) in [6.07, 6.45) is 2.51. The Morgan fingerprint density at radius 3 is 2.80 bits per heavy atom. The van der Waals surface area contributed by atoms with Crippen LogP contribution in [0.1, 0.15) is 26.3 Å². The highest BCUT2D eigenvalue weighted by atomic mass is 19.1. The van der Waals surface area contributed by atoms with Crippen molar-refractivity contribution in [3.05, 3.63) is 29.8 Å². The molecule has 20 heavy (non-hydrogen) atoms. The van der Waals surface area contributed by atoms with Crippen molar-refractivity contribution in [3.8, 4) is 0 Å². The Kier molecular flexibility index (Phi) is 4.23. The van der Waals surface area contributed by atoms with Crippen LogP contribution in [-0.2, 0) is 11.3 Å². The third kappa shape index (κ3) is 4.16. The summed E-state index contributed by atoms with van der Waals surface area (Å²) in [4.78, 5) is 19.4. The minimum absolute atomic E-state index is 0.308. The molecule has 0 saturated carbocycles. The maximum Gasteiger partial charge on any atom is 0.411 e. The van der Waals surface area contributed by atoms with Gasteiger partial charge in [0.25, 0.3) is 0 Å². The van der Waals surface area contributed by atoms with E-state index in [0.29, 0.717) is 19.8 Å². The highest BCUT2D eigenvalue weighted by Gasteiger charge is 2.28. The van der Waals surface area contributed by atoms with E-state index in [1.54, 1.807) is 11.1 Å². The molecule has 6 heteroatoms. The van der Waals surface area contributed by atoms with E-state index in [0.717, 1.165) is 12.1 Å². The van der Waals surface area contributed by atoms with Gasteiger partial charge >= 0.3 is 6.09 Å². The number of hydrogen-bond donors (Lipinski definition) is 0. The first-order chi connectivity index (χ1) is 9.33. The minimum Gasteiger partial charge on any atom is -0.444 e. The second-order valence-electron chi connectivity index (χ2n) is 5.95. The number of pyridine rings is 1. The predicted molar refractivity (Wildman–Crippen MR) is 72.4 cm³/mol. The first-order valence-electron chi connectivity index (χ1n) is 6.63. The van der Waals surface area contributed by atoms with Crippen LogP contribution in [-0.4, -0.2) is 46.2 Å². The van der Waals surface area contributed by atoms with Crippen LogP contribution in [0.4, 0.5) is 9.18 Å². The van der Waals surface area contributed by atoms with Crippen molar-refractivity contribution < 1.29 is 13.9 Å². The molecular weight excluding hydrogens is 261 g/mol. The van der Waals surface area contributed by atoms with Crippen molar-refractivity contribution in [2.24, 2.45) is 0 Å². The number of carbonyl (C=O) groups excluding carboxylic acids is 1. The molecule has 0 bridgehead atoms. The van der Waals surface area contributed by atoms with Crippen LogP contribution in [0.3, 0.4) is 0 Å². The molecule has 0 N–H and O–H groups in total. The number of ether oxygens (including phenoxy) is 1. The van der Waals surface area contributed by atoms with Gasteiger partial charge in [-0.25, -0.2) is 9.18 Å². The van der Waals surface area contributed by atoms with Crippen LogP contribution >= 0.6 is 0 Å². The molecule has 110 valence electrons. The fourth-order valence-corrected chi connectivity index (χ4v) is 2.05. The van der Waals surface area contributed by atoms with Crippen LogP contribution in [0.5, 0.6) is 0 Å². The molecule has 0 unspecified atom stereocenters. The van der Waals surface area contributed by atoms with E-state index in [-0.39, 0.29) is 11.9 Å². The smallest absolute Gasteiger partial charge is 0.411 e. The highest BCUT2D eigenvalue weighted by molar-refractivity contribution is 5.68. The van der Waals surface area contributed by atoms with E-state index in [4.69, 9.17) is 4.74 Å². The van der Waals surface area contributed by atoms with Gasteiger partial charge in [-0.1, -0.05) is 0 Å². The largest absolute Gasteiger partial charge is 0.444 e. The standard InChI is InChI=1S/C14H20FN3O2/c1-14(2,3)20-13(19)18-5-4-17(10-18)9-11-6-12(15)8-16-7-11/h6-8H,4-5,9-10H2,1-3H3. The average Bonchev–Trinajstić information content (AvgIpc) is 2.75. The lowest BCUT2D eigenvalue weighted by molar-refractivity contribution is 0.0263. The first kappa shape index (κ1) is 14.7. The SMILES string of the molecule is CC(C)(C)OC(=O)N1CCN(Cc2cncc(F)c2)C1. The van der Waals surface area contributed by atoms with Gasteiger partial charge in [0, 0.05) is 25.8 Å². The zero-order valence-corrected chi connectivity index (χ0v) is 12.1. The number of carbonyl (C=O) groups is 1. The van der Waals surface area contributed by atoms with E-state index in [1.165, 1.54) is 12.3 Å². The summed E-state index contributed by atoms with van der Waals surface area (Å²) in [6, 6.07) is 1.46. The van der Waals surface area contributed by atoms with Crippen LogP contribution in [0.15, 0.2) is 18.5 Å². The fourth-order valence-electron chi connectivity index (χ4n) is 2.05. The second-order valence-corrected chi connectivity index (χ2v) is 5.95. The Bertz CT molecular complexity index is 488. The van der Waals surface area contributed by atoms with Crippen molar-refractivity contribution in [1.82, 2.24) is 14.8 Å². The number of hydrogen-bond acceptors (Lipinski definition) is 4. The third-order valence-electron chi connectivity index (χ3n) is 2.88. The Balaban J connectivity index is 1.88. The monoisotopic (exact) mass is 281 g/mol. The second kappa shape index (κ2) is 5.75. The van der Waals surface area contributed by atoms with Gasteiger partial charge in [-0.15, -0.1) is 0 Å². The summed E-state index contributed by atoms with van der Waals surface area (Å²) < 4.78 is 18.4. The maximum atomic E-state index is 13.1. The van der Waals surface area contributed by atoms with Gasteiger partial charge in [0.15, 0.2) is 0 Å². The van der Waals surface area contributed by atoms with Crippen LogP contribution < -0.4 is 0 Å². The molecule has 0 aromatic carbocycles. The highest BCUT2D eigenvalue weighted by Crippen LogP contribution is 2.15. The summed E-state index contributed by atoms with van der Waals surface area (Å²) in [7, 11) is 0. The molecule has 1 saturated heterocycles. The molecule has 0 spiro atoms. The van der Waals surface area contributed by atoms with Crippen LogP contribution in [0.2, 0.25) is 0 Å². The van der Waals surface area contributed by atoms with E-state index in [2.05, 4.69) is 9.88 Å². The average molecular weight is 281 g/mol. The molecule has 2 rings (SSSR count). The van der Waals surface area contributed by atoms with Crippen molar-refractivity contribution in [2.45, 2.75) is 32.9 Å².